The lowest BCUT2D eigenvalue weighted by Gasteiger charge is -2.05. The topological polar surface area (TPSA) is 58.0 Å². The molecule has 0 radical (unpaired) electrons. The number of unbranched alkanes of at least 4 members (excludes halogenated alkanes) is 1. The second kappa shape index (κ2) is 4.90. The van der Waals surface area contributed by atoms with Gasteiger partial charge in [0.15, 0.2) is 4.77 Å². The highest BCUT2D eigenvalue weighted by atomic mass is 32.1. The summed E-state index contributed by atoms with van der Waals surface area (Å²) < 4.78 is 2.72. The molecule has 0 saturated heterocycles. The zero-order valence-electron chi connectivity index (χ0n) is 8.60. The Labute approximate surface area is 101 Å². The Bertz CT molecular complexity index is 597. The van der Waals surface area contributed by atoms with Gasteiger partial charge < -0.3 is 10.1 Å². The Morgan fingerprint density at radius 3 is 3.06 bits per heavy atom. The first-order chi connectivity index (χ1) is 7.74. The third-order valence-electron chi connectivity index (χ3n) is 2.38. The van der Waals surface area contributed by atoms with Crippen LogP contribution in [0.5, 0.6) is 0 Å². The van der Waals surface area contributed by atoms with Crippen LogP contribution in [-0.2, 0) is 6.54 Å². The van der Waals surface area contributed by atoms with Gasteiger partial charge in [-0.25, -0.2) is 0 Å². The van der Waals surface area contributed by atoms with Crippen molar-refractivity contribution in [3.8, 4) is 0 Å². The number of nitrogens with one attached hydrogen (secondary N) is 1. The van der Waals surface area contributed by atoms with E-state index in [2.05, 4.69) is 4.98 Å². The van der Waals surface area contributed by atoms with Gasteiger partial charge in [-0.15, -0.1) is 11.3 Å². The summed E-state index contributed by atoms with van der Waals surface area (Å²) in [6.45, 7) is 0.703. The minimum Gasteiger partial charge on any atom is -0.396 e. The Hall–Kier alpha value is -0.980. The first-order valence-electron chi connectivity index (χ1n) is 5.05. The van der Waals surface area contributed by atoms with Gasteiger partial charge in [0.25, 0.3) is 5.56 Å². The number of aliphatic hydroxyl groups is 1. The number of rotatable bonds is 4. The molecule has 2 aromatic heterocycles. The fourth-order valence-corrected chi connectivity index (χ4v) is 2.64. The lowest BCUT2D eigenvalue weighted by atomic mass is 10.3. The Morgan fingerprint density at radius 2 is 2.31 bits per heavy atom. The molecule has 2 heterocycles. The van der Waals surface area contributed by atoms with Crippen molar-refractivity contribution in [2.45, 2.75) is 19.4 Å². The highest BCUT2D eigenvalue weighted by Gasteiger charge is 2.05. The average molecular weight is 256 g/mol. The highest BCUT2D eigenvalue weighted by molar-refractivity contribution is 7.71. The van der Waals surface area contributed by atoms with Crippen LogP contribution in [0.1, 0.15) is 12.8 Å². The van der Waals surface area contributed by atoms with E-state index in [0.29, 0.717) is 22.4 Å². The Kier molecular flexibility index (Phi) is 3.52. The summed E-state index contributed by atoms with van der Waals surface area (Å²) in [5.41, 5.74) is 0.769. The molecule has 4 nitrogen and oxygen atoms in total. The average Bonchev–Trinajstić information content (AvgIpc) is 2.71. The van der Waals surface area contributed by atoms with Crippen LogP contribution in [0.3, 0.4) is 0 Å². The van der Waals surface area contributed by atoms with Crippen molar-refractivity contribution >= 4 is 33.8 Å². The number of fused-ring (bicyclic) bond motifs is 1. The number of thiophene rings is 1. The molecule has 0 aliphatic carbocycles. The third kappa shape index (κ3) is 2.09. The van der Waals surface area contributed by atoms with Gasteiger partial charge >= 0.3 is 0 Å². The number of nitrogens with zero attached hydrogens (tertiary/aromatic N) is 1. The zero-order chi connectivity index (χ0) is 11.5. The van der Waals surface area contributed by atoms with E-state index in [4.69, 9.17) is 17.3 Å². The van der Waals surface area contributed by atoms with Crippen LogP contribution in [0.25, 0.3) is 10.2 Å². The number of aliphatic hydroxyl groups excluding tert-OH is 1. The number of aromatic amines is 1. The van der Waals surface area contributed by atoms with E-state index in [-0.39, 0.29) is 12.2 Å². The molecule has 0 aliphatic rings. The maximum atomic E-state index is 12.0. The molecule has 0 saturated carbocycles. The summed E-state index contributed by atoms with van der Waals surface area (Å²) >= 11 is 6.55. The summed E-state index contributed by atoms with van der Waals surface area (Å²) in [7, 11) is 0. The largest absolute Gasteiger partial charge is 0.396 e. The number of aromatic nitrogens is 2. The van der Waals surface area contributed by atoms with Crippen molar-refractivity contribution in [2.75, 3.05) is 6.61 Å². The zero-order valence-corrected chi connectivity index (χ0v) is 10.2. The second-order valence-electron chi connectivity index (χ2n) is 3.48. The van der Waals surface area contributed by atoms with Crippen LogP contribution < -0.4 is 5.56 Å². The molecule has 0 aliphatic heterocycles. The van der Waals surface area contributed by atoms with Crippen molar-refractivity contribution in [1.82, 2.24) is 9.55 Å². The van der Waals surface area contributed by atoms with Crippen molar-refractivity contribution in [2.24, 2.45) is 0 Å². The summed E-state index contributed by atoms with van der Waals surface area (Å²) in [6.07, 6.45) is 1.44. The molecule has 86 valence electrons. The number of hydrogen-bond acceptors (Lipinski definition) is 4. The molecule has 2 N–H and O–H groups in total. The van der Waals surface area contributed by atoms with Gasteiger partial charge in [0, 0.05) is 13.2 Å². The van der Waals surface area contributed by atoms with Gasteiger partial charge in [-0.3, -0.25) is 9.36 Å². The Morgan fingerprint density at radius 1 is 1.50 bits per heavy atom. The minimum absolute atomic E-state index is 0.0355. The van der Waals surface area contributed by atoms with Crippen molar-refractivity contribution in [3.05, 3.63) is 26.6 Å². The van der Waals surface area contributed by atoms with Crippen LogP contribution >= 0.6 is 23.6 Å². The van der Waals surface area contributed by atoms with Crippen molar-refractivity contribution in [1.29, 1.82) is 0 Å². The van der Waals surface area contributed by atoms with Crippen LogP contribution in [0, 0.1) is 4.77 Å². The van der Waals surface area contributed by atoms with Crippen molar-refractivity contribution < 1.29 is 5.11 Å². The van der Waals surface area contributed by atoms with E-state index in [0.717, 1.165) is 11.9 Å². The maximum Gasteiger partial charge on any atom is 0.272 e. The van der Waals surface area contributed by atoms with E-state index < -0.39 is 0 Å². The molecule has 0 bridgehead atoms. The predicted molar refractivity (Wildman–Crippen MR) is 67.6 cm³/mol. The molecular formula is C10H12N2O2S2. The standard InChI is InChI=1S/C10H12N2O2S2/c13-5-2-1-4-12-9(14)8-7(3-6-16-8)11-10(12)15/h3,6,13H,1-2,4-5H2,(H,11,15). The first kappa shape index (κ1) is 11.5. The summed E-state index contributed by atoms with van der Waals surface area (Å²) in [5, 5.41) is 10.6. The van der Waals surface area contributed by atoms with Gasteiger partial charge in [0.2, 0.25) is 0 Å². The number of hydrogen-bond donors (Lipinski definition) is 2. The normalized spacial score (nSPS) is 11.1. The molecule has 6 heteroatoms. The van der Waals surface area contributed by atoms with Crippen LogP contribution in [0.4, 0.5) is 0 Å². The summed E-state index contributed by atoms with van der Waals surface area (Å²) in [5.74, 6) is 0. The maximum absolute atomic E-state index is 12.0. The molecule has 2 aromatic rings. The lowest BCUT2D eigenvalue weighted by Crippen LogP contribution is -2.21. The van der Waals surface area contributed by atoms with Crippen LogP contribution in [-0.4, -0.2) is 21.3 Å². The van der Waals surface area contributed by atoms with Gasteiger partial charge in [-0.1, -0.05) is 0 Å². The van der Waals surface area contributed by atoms with E-state index in [9.17, 15) is 4.79 Å². The minimum atomic E-state index is -0.0355. The molecule has 0 fully saturated rings. The van der Waals surface area contributed by atoms with Crippen LogP contribution in [0.15, 0.2) is 16.2 Å². The van der Waals surface area contributed by atoms with Gasteiger partial charge in [-0.2, -0.15) is 0 Å². The van der Waals surface area contributed by atoms with E-state index in [1.54, 1.807) is 4.57 Å². The molecule has 16 heavy (non-hydrogen) atoms. The molecule has 0 unspecified atom stereocenters. The summed E-state index contributed by atoms with van der Waals surface area (Å²) in [4.78, 5) is 15.1. The quantitative estimate of drug-likeness (QED) is 0.649. The van der Waals surface area contributed by atoms with Gasteiger partial charge in [-0.05, 0) is 36.5 Å². The molecule has 0 amide bonds. The molecule has 0 aromatic carbocycles. The highest BCUT2D eigenvalue weighted by Crippen LogP contribution is 2.13. The van der Waals surface area contributed by atoms with Crippen molar-refractivity contribution in [3.63, 3.8) is 0 Å². The van der Waals surface area contributed by atoms with Gasteiger partial charge in [0.1, 0.15) is 4.70 Å². The molecule has 2 rings (SSSR count). The smallest absolute Gasteiger partial charge is 0.272 e. The SMILES string of the molecule is O=c1c2sccc2[nH]c(=S)n1CCCCO. The van der Waals surface area contributed by atoms with E-state index in [1.165, 1.54) is 11.3 Å². The fourth-order valence-electron chi connectivity index (χ4n) is 1.56. The van der Waals surface area contributed by atoms with E-state index in [1.807, 2.05) is 11.4 Å². The van der Waals surface area contributed by atoms with E-state index >= 15 is 0 Å². The monoisotopic (exact) mass is 256 g/mol. The predicted octanol–water partition coefficient (Wildman–Crippen LogP) is 1.89. The molecule has 0 spiro atoms. The lowest BCUT2D eigenvalue weighted by molar-refractivity contribution is 0.281. The second-order valence-corrected chi connectivity index (χ2v) is 4.78. The molecular weight excluding hydrogens is 244 g/mol. The molecule has 0 atom stereocenters. The first-order valence-corrected chi connectivity index (χ1v) is 6.34. The van der Waals surface area contributed by atoms with Gasteiger partial charge in [0.05, 0.1) is 5.52 Å². The summed E-state index contributed by atoms with van der Waals surface area (Å²) in [6, 6.07) is 1.86. The third-order valence-corrected chi connectivity index (χ3v) is 3.61. The van der Waals surface area contributed by atoms with Crippen LogP contribution in [0.2, 0.25) is 0 Å². The Balaban J connectivity index is 2.44. The fraction of sp³-hybridized carbons (Fsp3) is 0.400. The number of H-pyrrole nitrogens is 1.